The summed E-state index contributed by atoms with van der Waals surface area (Å²) in [7, 11) is 1.96. The Bertz CT molecular complexity index is 855. The molecule has 0 spiro atoms. The van der Waals surface area contributed by atoms with E-state index >= 15 is 0 Å². The second-order valence-corrected chi connectivity index (χ2v) is 6.34. The van der Waals surface area contributed by atoms with Gasteiger partial charge in [-0.3, -0.25) is 4.79 Å². The summed E-state index contributed by atoms with van der Waals surface area (Å²) >= 11 is 0. The summed E-state index contributed by atoms with van der Waals surface area (Å²) in [6, 6.07) is 17.7. The zero-order valence-electron chi connectivity index (χ0n) is 14.6. The molecule has 0 bridgehead atoms. The van der Waals surface area contributed by atoms with Gasteiger partial charge < -0.3 is 15.0 Å². The van der Waals surface area contributed by atoms with Crippen molar-refractivity contribution < 1.29 is 9.90 Å². The molecular formula is C21H24N2O2. The molecule has 0 saturated heterocycles. The molecular weight excluding hydrogens is 312 g/mol. The van der Waals surface area contributed by atoms with Crippen LogP contribution in [0.25, 0.3) is 10.9 Å². The molecule has 0 aliphatic heterocycles. The molecule has 4 nitrogen and oxygen atoms in total. The fourth-order valence-corrected chi connectivity index (χ4v) is 3.33. The van der Waals surface area contributed by atoms with Crippen molar-refractivity contribution in [3.63, 3.8) is 0 Å². The second kappa shape index (κ2) is 7.53. The van der Waals surface area contributed by atoms with Crippen LogP contribution in [0.2, 0.25) is 0 Å². The fraction of sp³-hybridized carbons (Fsp3) is 0.286. The number of fused-ring (bicyclic) bond motifs is 1. The Balaban J connectivity index is 1.71. The number of aryl methyl sites for hydroxylation is 1. The highest BCUT2D eigenvalue weighted by molar-refractivity contribution is 5.85. The molecule has 2 N–H and O–H groups in total. The van der Waals surface area contributed by atoms with Crippen LogP contribution in [0.15, 0.2) is 60.8 Å². The van der Waals surface area contributed by atoms with Crippen molar-refractivity contribution in [1.29, 1.82) is 0 Å². The summed E-state index contributed by atoms with van der Waals surface area (Å²) in [6.07, 6.45) is 1.92. The summed E-state index contributed by atoms with van der Waals surface area (Å²) in [5.41, 5.74) is 2.91. The van der Waals surface area contributed by atoms with Crippen molar-refractivity contribution in [2.75, 3.05) is 6.54 Å². The maximum absolute atomic E-state index is 12.6. The van der Waals surface area contributed by atoms with Crippen molar-refractivity contribution in [3.05, 3.63) is 71.9 Å². The number of aliphatic hydroxyl groups is 1. The van der Waals surface area contributed by atoms with Crippen LogP contribution >= 0.6 is 0 Å². The molecule has 0 fully saturated rings. The van der Waals surface area contributed by atoms with E-state index in [9.17, 15) is 9.90 Å². The number of nitrogens with one attached hydrogen (secondary N) is 1. The van der Waals surface area contributed by atoms with E-state index in [4.69, 9.17) is 0 Å². The van der Waals surface area contributed by atoms with Gasteiger partial charge in [-0.15, -0.1) is 0 Å². The van der Waals surface area contributed by atoms with E-state index in [1.807, 2.05) is 79.3 Å². The van der Waals surface area contributed by atoms with Crippen LogP contribution in [0.3, 0.4) is 0 Å². The molecule has 2 atom stereocenters. The van der Waals surface area contributed by atoms with Gasteiger partial charge in [0.1, 0.15) is 0 Å². The Kier molecular flexibility index (Phi) is 5.19. The summed E-state index contributed by atoms with van der Waals surface area (Å²) in [6.45, 7) is 2.20. The first-order valence-electron chi connectivity index (χ1n) is 8.66. The first-order valence-corrected chi connectivity index (χ1v) is 8.66. The smallest absolute Gasteiger partial charge is 0.227 e. The largest absolute Gasteiger partial charge is 0.386 e. The topological polar surface area (TPSA) is 54.3 Å². The Morgan fingerprint density at radius 1 is 1.12 bits per heavy atom. The Hall–Kier alpha value is -2.59. The van der Waals surface area contributed by atoms with Crippen LogP contribution in [0.4, 0.5) is 0 Å². The summed E-state index contributed by atoms with van der Waals surface area (Å²) in [5.74, 6) is -0.242. The number of hydrogen-bond donors (Lipinski definition) is 2. The average Bonchev–Trinajstić information content (AvgIpc) is 2.98. The minimum Gasteiger partial charge on any atom is -0.386 e. The number of amides is 1. The first kappa shape index (κ1) is 17.2. The van der Waals surface area contributed by atoms with Crippen LogP contribution in [0.5, 0.6) is 0 Å². The Morgan fingerprint density at radius 3 is 2.52 bits per heavy atom. The van der Waals surface area contributed by atoms with Crippen molar-refractivity contribution in [2.24, 2.45) is 7.05 Å². The van der Waals surface area contributed by atoms with Crippen molar-refractivity contribution >= 4 is 16.8 Å². The SMILES string of the molecule is CC[C@H](C(=O)NC[C@@H](O)c1cn(C)c2ccccc12)c1ccccc1. The Labute approximate surface area is 148 Å². The lowest BCUT2D eigenvalue weighted by Crippen LogP contribution is -2.32. The lowest BCUT2D eigenvalue weighted by molar-refractivity contribution is -0.123. The minimum atomic E-state index is -0.733. The van der Waals surface area contributed by atoms with Gasteiger partial charge in [0, 0.05) is 36.3 Å². The van der Waals surface area contributed by atoms with Gasteiger partial charge >= 0.3 is 0 Å². The molecule has 2 aromatic carbocycles. The lowest BCUT2D eigenvalue weighted by atomic mass is 9.95. The van der Waals surface area contributed by atoms with Crippen LogP contribution < -0.4 is 5.32 Å². The van der Waals surface area contributed by atoms with E-state index < -0.39 is 6.10 Å². The highest BCUT2D eigenvalue weighted by atomic mass is 16.3. The van der Waals surface area contributed by atoms with E-state index in [0.717, 1.165) is 28.5 Å². The third kappa shape index (κ3) is 3.59. The van der Waals surface area contributed by atoms with Gasteiger partial charge in [0.05, 0.1) is 12.0 Å². The van der Waals surface area contributed by atoms with E-state index in [1.54, 1.807) is 0 Å². The minimum absolute atomic E-state index is 0.0482. The monoisotopic (exact) mass is 336 g/mol. The molecule has 4 heteroatoms. The number of para-hydroxylation sites is 1. The maximum atomic E-state index is 12.6. The second-order valence-electron chi connectivity index (χ2n) is 6.34. The first-order chi connectivity index (χ1) is 12.1. The maximum Gasteiger partial charge on any atom is 0.227 e. The molecule has 0 aliphatic carbocycles. The zero-order valence-corrected chi connectivity index (χ0v) is 14.6. The predicted octanol–water partition coefficient (Wildman–Crippen LogP) is 3.52. The average molecular weight is 336 g/mol. The predicted molar refractivity (Wildman–Crippen MR) is 100 cm³/mol. The van der Waals surface area contributed by atoms with E-state index in [0.29, 0.717) is 0 Å². The number of carbonyl (C=O) groups excluding carboxylic acids is 1. The normalized spacial score (nSPS) is 13.6. The van der Waals surface area contributed by atoms with Crippen LogP contribution in [0.1, 0.15) is 36.5 Å². The molecule has 0 radical (unpaired) electrons. The quantitative estimate of drug-likeness (QED) is 0.723. The van der Waals surface area contributed by atoms with E-state index in [-0.39, 0.29) is 18.4 Å². The number of benzene rings is 2. The lowest BCUT2D eigenvalue weighted by Gasteiger charge is -2.17. The van der Waals surface area contributed by atoms with E-state index in [1.165, 1.54) is 0 Å². The molecule has 3 rings (SSSR count). The molecule has 25 heavy (non-hydrogen) atoms. The molecule has 1 aromatic heterocycles. The summed E-state index contributed by atoms with van der Waals surface area (Å²) in [4.78, 5) is 12.6. The number of hydrogen-bond acceptors (Lipinski definition) is 2. The van der Waals surface area contributed by atoms with Crippen molar-refractivity contribution in [1.82, 2.24) is 9.88 Å². The molecule has 1 amide bonds. The zero-order chi connectivity index (χ0) is 17.8. The van der Waals surface area contributed by atoms with Gasteiger partial charge in [-0.25, -0.2) is 0 Å². The third-order valence-corrected chi connectivity index (χ3v) is 4.68. The standard InChI is InChI=1S/C21H24N2O2/c1-3-16(15-9-5-4-6-10-15)21(25)22-13-20(24)18-14-23(2)19-12-8-7-11-17(18)19/h4-12,14,16,20,24H,3,13H2,1-2H3,(H,22,25)/t16-,20+/m0/s1. The number of rotatable bonds is 6. The highest BCUT2D eigenvalue weighted by Gasteiger charge is 2.20. The number of nitrogens with zero attached hydrogens (tertiary/aromatic N) is 1. The number of carbonyl (C=O) groups is 1. The van der Waals surface area contributed by atoms with Gasteiger partial charge in [0.2, 0.25) is 5.91 Å². The van der Waals surface area contributed by atoms with Gasteiger partial charge in [-0.05, 0) is 18.1 Å². The Morgan fingerprint density at radius 2 is 1.80 bits per heavy atom. The van der Waals surface area contributed by atoms with Gasteiger partial charge in [0.25, 0.3) is 0 Å². The molecule has 0 aliphatic rings. The summed E-state index contributed by atoms with van der Waals surface area (Å²) in [5, 5.41) is 14.5. The highest BCUT2D eigenvalue weighted by Crippen LogP contribution is 2.26. The van der Waals surface area contributed by atoms with Crippen LogP contribution in [-0.4, -0.2) is 22.1 Å². The van der Waals surface area contributed by atoms with Crippen molar-refractivity contribution in [2.45, 2.75) is 25.4 Å². The van der Waals surface area contributed by atoms with Gasteiger partial charge in [-0.2, -0.15) is 0 Å². The molecule has 0 saturated carbocycles. The molecule has 130 valence electrons. The fourth-order valence-electron chi connectivity index (χ4n) is 3.33. The van der Waals surface area contributed by atoms with Crippen molar-refractivity contribution in [3.8, 4) is 0 Å². The van der Waals surface area contributed by atoms with E-state index in [2.05, 4.69) is 5.32 Å². The molecule has 3 aromatic rings. The van der Waals surface area contributed by atoms with Crippen LogP contribution in [0, 0.1) is 0 Å². The number of aliphatic hydroxyl groups excluding tert-OH is 1. The van der Waals surface area contributed by atoms with Crippen LogP contribution in [-0.2, 0) is 11.8 Å². The molecule has 0 unspecified atom stereocenters. The third-order valence-electron chi connectivity index (χ3n) is 4.68. The molecule has 1 heterocycles. The van der Waals surface area contributed by atoms with Gasteiger partial charge in [0.15, 0.2) is 0 Å². The van der Waals surface area contributed by atoms with Gasteiger partial charge in [-0.1, -0.05) is 55.5 Å². The summed E-state index contributed by atoms with van der Waals surface area (Å²) < 4.78 is 1.99. The number of aromatic nitrogens is 1.